The van der Waals surface area contributed by atoms with Crippen molar-refractivity contribution in [3.63, 3.8) is 0 Å². The molecule has 100 heavy (non-hydrogen) atoms. The van der Waals surface area contributed by atoms with Crippen molar-refractivity contribution in [2.75, 3.05) is 33.0 Å². The highest BCUT2D eigenvalue weighted by atomic mass is 32.3. The molecule has 0 aromatic rings. The smallest absolute Gasteiger partial charge is 0.397 e. The van der Waals surface area contributed by atoms with Gasteiger partial charge in [0, 0.05) is 19.8 Å². The van der Waals surface area contributed by atoms with Crippen LogP contribution in [0.25, 0.3) is 0 Å². The highest BCUT2D eigenvalue weighted by Gasteiger charge is 2.51. The minimum atomic E-state index is -5.31. The first-order valence-corrected chi connectivity index (χ1v) is 43.5. The molecule has 1 fully saturated rings. The lowest BCUT2D eigenvalue weighted by Crippen LogP contribution is -2.70. The number of hydrogen-bond acceptors (Lipinski definition) is 13. The molecule has 1 aliphatic rings. The first-order valence-electron chi connectivity index (χ1n) is 42.2. The topological polar surface area (TPSA) is 255 Å². The summed E-state index contributed by atoms with van der Waals surface area (Å²) in [5, 5.41) is 30.3. The second-order valence-corrected chi connectivity index (χ2v) is 30.6. The number of hydrogen-bond donors (Lipinski definition) is 6. The number of nitrogens with one attached hydrogen (secondary N) is 3. The summed E-state index contributed by atoms with van der Waals surface area (Å²) in [5.41, 5.74) is 0. The average molecular weight is 1450 g/mol. The Morgan fingerprint density at radius 2 is 0.660 bits per heavy atom. The van der Waals surface area contributed by atoms with Gasteiger partial charge in [-0.1, -0.05) is 350 Å². The molecule has 1 heterocycles. The van der Waals surface area contributed by atoms with Gasteiger partial charge in [0.05, 0.1) is 56.8 Å². The first-order chi connectivity index (χ1) is 48.7. The first kappa shape index (κ1) is 95.5. The average Bonchev–Trinajstić information content (AvgIpc) is 0.781. The Morgan fingerprint density at radius 3 is 0.940 bits per heavy atom. The lowest BCUT2D eigenvalue weighted by Gasteiger charge is -2.46. The van der Waals surface area contributed by atoms with Crippen LogP contribution in [0.2, 0.25) is 0 Å². The van der Waals surface area contributed by atoms with Gasteiger partial charge in [0.25, 0.3) is 0 Å². The zero-order chi connectivity index (χ0) is 73.2. The third-order valence-corrected chi connectivity index (χ3v) is 20.5. The van der Waals surface area contributed by atoms with Gasteiger partial charge in [0.1, 0.15) is 18.2 Å². The standard InChI is InChI=1S/C81H157N3O15S/c1-7-13-19-25-31-37-40-46-52-58-69(94-61-55-49-43-34-28-22-16-10-4)64-74(86)82-72(80(89)90)68-97-81-78(84-76(88)66-71(60-54-48-42-39-33-27-21-15-9-3)96-63-57-51-45-36-30-24-18-12-6)77(79(73(67-85)98-81)99-100(91,92)93)83-75(87)65-70(59-53-47-41-38-32-26-20-14-8-2)95-62-56-50-44-35-29-23-17-11-5/h69-73,77-79,81,85H,7-68H2,1-6H3,(H,82,86)(H,83,87)(H,84,88)(H,89,90)(H,91,92,93)/t69-,70-,71-,72+,73-,77+,78-,79-,81-/m1/s1. The normalized spacial score (nSPS) is 17.7. The summed E-state index contributed by atoms with van der Waals surface area (Å²) >= 11 is 0. The van der Waals surface area contributed by atoms with Crippen molar-refractivity contribution in [1.82, 2.24) is 16.0 Å². The maximum absolute atomic E-state index is 14.8. The van der Waals surface area contributed by atoms with E-state index in [1.165, 1.54) is 180 Å². The molecule has 18 nitrogen and oxygen atoms in total. The van der Waals surface area contributed by atoms with Crippen molar-refractivity contribution in [3.05, 3.63) is 0 Å². The molecule has 1 rings (SSSR count). The molecule has 0 aromatic heterocycles. The molecule has 0 unspecified atom stereocenters. The number of carboxylic acids is 1. The van der Waals surface area contributed by atoms with E-state index in [1.54, 1.807) is 0 Å². The van der Waals surface area contributed by atoms with Crippen molar-refractivity contribution >= 4 is 34.1 Å². The fourth-order valence-corrected chi connectivity index (χ4v) is 14.3. The lowest BCUT2D eigenvalue weighted by atomic mass is 9.93. The van der Waals surface area contributed by atoms with Crippen LogP contribution >= 0.6 is 0 Å². The number of aliphatic hydroxyl groups is 1. The van der Waals surface area contributed by atoms with Crippen LogP contribution in [0.1, 0.15) is 408 Å². The van der Waals surface area contributed by atoms with Gasteiger partial charge in [-0.15, -0.1) is 0 Å². The monoisotopic (exact) mass is 1440 g/mol. The molecule has 0 spiro atoms. The lowest BCUT2D eigenvalue weighted by molar-refractivity contribution is -0.247. The van der Waals surface area contributed by atoms with Crippen LogP contribution in [-0.4, -0.2) is 135 Å². The van der Waals surface area contributed by atoms with Crippen LogP contribution in [0, 0.1) is 0 Å². The molecule has 1 saturated heterocycles. The number of aliphatic carboxylic acids is 1. The highest BCUT2D eigenvalue weighted by molar-refractivity contribution is 7.80. The number of carbonyl (C=O) groups is 4. The number of ether oxygens (including phenoxy) is 5. The molecule has 0 saturated carbocycles. The fraction of sp³-hybridized carbons (Fsp3) is 0.951. The summed E-state index contributed by atoms with van der Waals surface area (Å²) in [6.07, 6.45) is 52.4. The van der Waals surface area contributed by atoms with Gasteiger partial charge in [-0.3, -0.25) is 18.9 Å². The molecule has 0 aromatic carbocycles. The number of amides is 3. The molecule has 0 aliphatic carbocycles. The van der Waals surface area contributed by atoms with E-state index in [-0.39, 0.29) is 19.3 Å². The summed E-state index contributed by atoms with van der Waals surface area (Å²) in [6, 6.07) is -4.69. The van der Waals surface area contributed by atoms with Crippen LogP contribution in [0.15, 0.2) is 0 Å². The molecule has 0 bridgehead atoms. The maximum Gasteiger partial charge on any atom is 0.397 e. The molecular weight excluding hydrogens is 1290 g/mol. The van der Waals surface area contributed by atoms with Crippen LogP contribution in [-0.2, 0) is 57.4 Å². The van der Waals surface area contributed by atoms with Crippen LogP contribution in [0.5, 0.6) is 0 Å². The largest absolute Gasteiger partial charge is 0.480 e. The highest BCUT2D eigenvalue weighted by Crippen LogP contribution is 2.28. The molecule has 592 valence electrons. The summed E-state index contributed by atoms with van der Waals surface area (Å²) < 4.78 is 73.5. The number of carbonyl (C=O) groups excluding carboxylic acids is 3. The van der Waals surface area contributed by atoms with Gasteiger partial charge in [0.2, 0.25) is 17.7 Å². The number of aliphatic hydroxyl groups excluding tert-OH is 1. The van der Waals surface area contributed by atoms with E-state index < -0.39 is 102 Å². The van der Waals surface area contributed by atoms with E-state index in [2.05, 4.69) is 57.5 Å². The Hall–Kier alpha value is -2.49. The zero-order valence-corrected chi connectivity index (χ0v) is 66.0. The molecule has 9 atom stereocenters. The molecule has 0 radical (unpaired) electrons. The third kappa shape index (κ3) is 55.9. The van der Waals surface area contributed by atoms with Crippen molar-refractivity contribution in [2.45, 2.75) is 462 Å². The Balaban J connectivity index is 3.73. The Kier molecular flexibility index (Phi) is 65.3. The summed E-state index contributed by atoms with van der Waals surface area (Å²) in [5.74, 6) is -3.07. The van der Waals surface area contributed by atoms with E-state index in [0.29, 0.717) is 39.1 Å². The predicted molar refractivity (Wildman–Crippen MR) is 408 cm³/mol. The Bertz CT molecular complexity index is 1920. The summed E-state index contributed by atoms with van der Waals surface area (Å²) in [6.45, 7) is 13.1. The number of rotatable bonds is 76. The van der Waals surface area contributed by atoms with Gasteiger partial charge in [-0.2, -0.15) is 8.42 Å². The third-order valence-electron chi connectivity index (χ3n) is 20.0. The van der Waals surface area contributed by atoms with E-state index in [1.807, 2.05) is 0 Å². The minimum absolute atomic E-state index is 0.0734. The van der Waals surface area contributed by atoms with Crippen molar-refractivity contribution < 1.29 is 70.2 Å². The van der Waals surface area contributed by atoms with Gasteiger partial charge in [0.15, 0.2) is 12.3 Å². The summed E-state index contributed by atoms with van der Waals surface area (Å²) in [4.78, 5) is 56.9. The Morgan fingerprint density at radius 1 is 0.390 bits per heavy atom. The van der Waals surface area contributed by atoms with Crippen LogP contribution < -0.4 is 16.0 Å². The van der Waals surface area contributed by atoms with E-state index in [0.717, 1.165) is 148 Å². The van der Waals surface area contributed by atoms with Crippen molar-refractivity contribution in [1.29, 1.82) is 0 Å². The van der Waals surface area contributed by atoms with Crippen LogP contribution in [0.4, 0.5) is 0 Å². The number of unbranched alkanes of at least 4 members (excludes halogenated alkanes) is 45. The SMILES string of the molecule is CCCCCCCCCCC[C@H](CC(=O)N[C@H]1[C@H](OC[C@H](NC(=O)C[C@@H](CCCCCCCCCCC)OCCCCCCCCCC)C(=O)O)O[C@H](CO)[C@@H](OS(=O)(=O)O)[C@H]1NC(=O)C[C@@H](CCCCCCCCCCC)OCCCCCCCCCC)OCCCCCCCCCC. The van der Waals surface area contributed by atoms with Gasteiger partial charge in [-0.05, 0) is 38.5 Å². The van der Waals surface area contributed by atoms with Gasteiger partial charge >= 0.3 is 16.4 Å². The Labute approximate surface area is 612 Å². The number of carboxylic acid groups (broad SMARTS) is 1. The molecule has 1 aliphatic heterocycles. The van der Waals surface area contributed by atoms with Crippen molar-refractivity contribution in [3.8, 4) is 0 Å². The molecule has 3 amide bonds. The van der Waals surface area contributed by atoms with Gasteiger partial charge < -0.3 is 49.8 Å². The molecular formula is C81H157N3O15S. The van der Waals surface area contributed by atoms with E-state index in [9.17, 15) is 42.4 Å². The zero-order valence-electron chi connectivity index (χ0n) is 65.2. The molecule has 19 heteroatoms. The van der Waals surface area contributed by atoms with Crippen molar-refractivity contribution in [2.24, 2.45) is 0 Å². The fourth-order valence-electron chi connectivity index (χ4n) is 13.8. The quantitative estimate of drug-likeness (QED) is 0.0245. The minimum Gasteiger partial charge on any atom is -0.480 e. The van der Waals surface area contributed by atoms with E-state index >= 15 is 0 Å². The second kappa shape index (κ2) is 68.3. The summed E-state index contributed by atoms with van der Waals surface area (Å²) in [7, 11) is -5.31. The van der Waals surface area contributed by atoms with E-state index in [4.69, 9.17) is 27.9 Å². The molecule has 6 N–H and O–H groups in total. The predicted octanol–water partition coefficient (Wildman–Crippen LogP) is 20.0. The maximum atomic E-state index is 14.8. The second-order valence-electron chi connectivity index (χ2n) is 29.6. The van der Waals surface area contributed by atoms with Gasteiger partial charge in [-0.25, -0.2) is 8.98 Å². The van der Waals surface area contributed by atoms with Crippen LogP contribution in [0.3, 0.4) is 0 Å².